The maximum Gasteiger partial charge on any atom is 0.461 e. The van der Waals surface area contributed by atoms with Gasteiger partial charge in [0.2, 0.25) is 0 Å². The van der Waals surface area contributed by atoms with Crippen molar-refractivity contribution in [1.29, 1.82) is 0 Å². The third-order valence-electron chi connectivity index (χ3n) is 6.23. The van der Waals surface area contributed by atoms with Crippen LogP contribution in [0.25, 0.3) is 0 Å². The van der Waals surface area contributed by atoms with Crippen molar-refractivity contribution in [2.45, 2.75) is 30.8 Å². The molecule has 2 unspecified atom stereocenters. The van der Waals surface area contributed by atoms with Gasteiger partial charge in [-0.3, -0.25) is 5.32 Å². The summed E-state index contributed by atoms with van der Waals surface area (Å²) in [6, 6.07) is 18.3. The molecule has 13 heteroatoms. The zero-order chi connectivity index (χ0) is 31.4. The first-order chi connectivity index (χ1) is 20.3. The third kappa shape index (κ3) is 8.11. The van der Waals surface area contributed by atoms with Gasteiger partial charge in [-0.2, -0.15) is 30.7 Å². The normalized spacial score (nSPS) is 13.6. The molecule has 0 fully saturated rings. The molecule has 0 radical (unpaired) electrons. The number of hydrogen-bond donors (Lipinski definition) is 2. The van der Waals surface area contributed by atoms with Crippen LogP contribution in [0.1, 0.15) is 34.3 Å². The van der Waals surface area contributed by atoms with Crippen molar-refractivity contribution in [1.82, 2.24) is 5.32 Å². The summed E-state index contributed by atoms with van der Waals surface area (Å²) < 4.78 is 102. The Hall–Kier alpha value is -3.51. The van der Waals surface area contributed by atoms with Crippen LogP contribution >= 0.6 is 23.2 Å². The van der Waals surface area contributed by atoms with Crippen LogP contribution in [0.5, 0.6) is 17.2 Å². The van der Waals surface area contributed by atoms with Crippen molar-refractivity contribution in [3.8, 4) is 17.2 Å². The molecule has 4 rings (SSSR count). The van der Waals surface area contributed by atoms with E-state index in [1.807, 2.05) is 0 Å². The van der Waals surface area contributed by atoms with Crippen LogP contribution in [-0.4, -0.2) is 24.2 Å². The number of aliphatic hydroxyl groups excluding tert-OH is 1. The van der Waals surface area contributed by atoms with Gasteiger partial charge in [0.05, 0.1) is 29.3 Å². The molecular weight excluding hydrogens is 626 g/mol. The Morgan fingerprint density at radius 2 is 1.33 bits per heavy atom. The van der Waals surface area contributed by atoms with Crippen LogP contribution in [0.4, 0.5) is 30.7 Å². The highest BCUT2D eigenvalue weighted by molar-refractivity contribution is 6.42. The van der Waals surface area contributed by atoms with Crippen LogP contribution in [0.2, 0.25) is 10.0 Å². The number of benzene rings is 4. The summed E-state index contributed by atoms with van der Waals surface area (Å²) in [6.45, 7) is -0.574. The van der Waals surface area contributed by atoms with E-state index in [0.29, 0.717) is 5.56 Å². The first kappa shape index (κ1) is 32.4. The average molecular weight is 648 g/mol. The maximum atomic E-state index is 13.7. The lowest BCUT2D eigenvalue weighted by atomic mass is 9.95. The molecule has 0 aliphatic carbocycles. The number of halogens is 9. The van der Waals surface area contributed by atoms with E-state index in [0.717, 1.165) is 24.3 Å². The fourth-order valence-corrected chi connectivity index (χ4v) is 4.48. The Morgan fingerprint density at radius 3 is 1.91 bits per heavy atom. The molecule has 0 saturated heterocycles. The van der Waals surface area contributed by atoms with Gasteiger partial charge < -0.3 is 14.6 Å². The van der Waals surface area contributed by atoms with Crippen molar-refractivity contribution >= 4 is 23.2 Å². The number of nitrogens with one attached hydrogen (secondary N) is 1. The number of hydrogen-bond acceptors (Lipinski definition) is 4. The van der Waals surface area contributed by atoms with Crippen molar-refractivity contribution < 1.29 is 45.3 Å². The molecule has 0 bridgehead atoms. The van der Waals surface area contributed by atoms with Gasteiger partial charge in [-0.15, -0.1) is 0 Å². The Morgan fingerprint density at radius 1 is 0.744 bits per heavy atom. The Bertz CT molecular complexity index is 1540. The van der Waals surface area contributed by atoms with Gasteiger partial charge in [0.25, 0.3) is 0 Å². The van der Waals surface area contributed by atoms with E-state index >= 15 is 0 Å². The van der Waals surface area contributed by atoms with Gasteiger partial charge in [-0.05, 0) is 65.2 Å². The van der Waals surface area contributed by atoms with Gasteiger partial charge in [0.1, 0.15) is 22.3 Å². The van der Waals surface area contributed by atoms with Crippen molar-refractivity contribution in [3.05, 3.63) is 123 Å². The van der Waals surface area contributed by atoms with Crippen LogP contribution in [-0.2, 0) is 6.18 Å². The molecule has 0 saturated carbocycles. The quantitative estimate of drug-likeness (QED) is 0.159. The van der Waals surface area contributed by atoms with Crippen LogP contribution in [0.3, 0.4) is 0 Å². The lowest BCUT2D eigenvalue weighted by Gasteiger charge is -2.27. The Balaban J connectivity index is 1.73. The minimum Gasteiger partial charge on any atom is -0.456 e. The van der Waals surface area contributed by atoms with E-state index in [1.54, 1.807) is 42.5 Å². The molecule has 228 valence electrons. The van der Waals surface area contributed by atoms with Crippen molar-refractivity contribution in [3.63, 3.8) is 0 Å². The molecule has 0 aliphatic rings. The minimum absolute atomic E-state index is 0.150. The molecule has 0 aliphatic heterocycles. The summed E-state index contributed by atoms with van der Waals surface area (Å²) in [7, 11) is 0. The summed E-state index contributed by atoms with van der Waals surface area (Å²) in [5.74, 6) is -0.0542. The number of alkyl halides is 7. The molecule has 2 N–H and O–H groups in total. The predicted molar refractivity (Wildman–Crippen MR) is 147 cm³/mol. The second-order valence-corrected chi connectivity index (χ2v) is 10.0. The largest absolute Gasteiger partial charge is 0.461 e. The summed E-state index contributed by atoms with van der Waals surface area (Å²) in [6.07, 6.45) is -13.4. The van der Waals surface area contributed by atoms with E-state index in [4.69, 9.17) is 27.9 Å². The molecule has 0 amide bonds. The molecule has 4 nitrogen and oxygen atoms in total. The molecule has 4 aromatic carbocycles. The first-order valence-corrected chi connectivity index (χ1v) is 13.2. The molecule has 0 aromatic heterocycles. The van der Waals surface area contributed by atoms with E-state index in [1.165, 1.54) is 24.3 Å². The minimum atomic E-state index is -4.76. The number of aliphatic hydroxyl groups is 1. The number of ether oxygens (including phenoxy) is 2. The molecule has 43 heavy (non-hydrogen) atoms. The molecule has 2 atom stereocenters. The Kier molecular flexibility index (Phi) is 10.1. The van der Waals surface area contributed by atoms with Crippen LogP contribution in [0, 0.1) is 0 Å². The van der Waals surface area contributed by atoms with E-state index in [2.05, 4.69) is 10.1 Å². The zero-order valence-electron chi connectivity index (χ0n) is 21.8. The highest BCUT2D eigenvalue weighted by Gasteiger charge is 2.44. The fourth-order valence-electron chi connectivity index (χ4n) is 4.15. The lowest BCUT2D eigenvalue weighted by molar-refractivity contribution is -0.253. The van der Waals surface area contributed by atoms with Crippen LogP contribution in [0.15, 0.2) is 91.0 Å². The molecule has 4 aromatic rings. The van der Waals surface area contributed by atoms with Gasteiger partial charge in [0, 0.05) is 0 Å². The van der Waals surface area contributed by atoms with Gasteiger partial charge in [-0.25, -0.2) is 0 Å². The first-order valence-electron chi connectivity index (χ1n) is 12.5. The second-order valence-electron chi connectivity index (χ2n) is 9.22. The zero-order valence-corrected chi connectivity index (χ0v) is 23.3. The van der Waals surface area contributed by atoms with Gasteiger partial charge in [-0.1, -0.05) is 65.7 Å². The molecular formula is C30H22Cl2F7NO3. The standard InChI is InChI=1S/C30H22Cl2F7NO3/c31-23-8-3-9-25(26(23)32)42-21-6-1-4-18(14-21)27(19-5-2-7-22(15-19)43-30(38,39)28(33)34)40-24(16-41)17-10-12-20(13-11-17)29(35,36)37/h1-15,24,27-28,40-41H,16H2. The summed E-state index contributed by atoms with van der Waals surface area (Å²) in [4.78, 5) is 0. The summed E-state index contributed by atoms with van der Waals surface area (Å²) in [5, 5.41) is 13.7. The molecule has 0 spiro atoms. The fraction of sp³-hybridized carbons (Fsp3) is 0.200. The highest BCUT2D eigenvalue weighted by atomic mass is 35.5. The monoisotopic (exact) mass is 647 g/mol. The second kappa shape index (κ2) is 13.4. The average Bonchev–Trinajstić information content (AvgIpc) is 2.96. The smallest absolute Gasteiger partial charge is 0.456 e. The highest BCUT2D eigenvalue weighted by Crippen LogP contribution is 2.37. The Labute approximate surface area is 251 Å². The predicted octanol–water partition coefficient (Wildman–Crippen LogP) is 9.45. The third-order valence-corrected chi connectivity index (χ3v) is 7.03. The topological polar surface area (TPSA) is 50.7 Å². The van der Waals surface area contributed by atoms with Gasteiger partial charge >= 0.3 is 18.7 Å². The van der Waals surface area contributed by atoms with Crippen molar-refractivity contribution in [2.24, 2.45) is 0 Å². The maximum absolute atomic E-state index is 13.7. The van der Waals surface area contributed by atoms with Crippen molar-refractivity contribution in [2.75, 3.05) is 6.61 Å². The van der Waals surface area contributed by atoms with E-state index in [9.17, 15) is 35.8 Å². The lowest BCUT2D eigenvalue weighted by Crippen LogP contribution is -2.33. The SMILES string of the molecule is OCC(NC(c1cccc(Oc2cccc(Cl)c2Cl)c1)c1cccc(OC(F)(F)C(F)F)c1)c1ccc(C(F)(F)F)cc1. The summed E-state index contributed by atoms with van der Waals surface area (Å²) >= 11 is 12.3. The van der Waals surface area contributed by atoms with Gasteiger partial charge in [0.15, 0.2) is 0 Å². The number of rotatable bonds is 11. The summed E-state index contributed by atoms with van der Waals surface area (Å²) in [5.41, 5.74) is 0.0822. The van der Waals surface area contributed by atoms with E-state index in [-0.39, 0.29) is 32.7 Å². The molecule has 0 heterocycles. The van der Waals surface area contributed by atoms with Crippen LogP contribution < -0.4 is 14.8 Å². The van der Waals surface area contributed by atoms with E-state index < -0.39 is 48.7 Å².